The molecule has 1 fully saturated rings. The van der Waals surface area contributed by atoms with Crippen molar-refractivity contribution < 1.29 is 4.79 Å². The van der Waals surface area contributed by atoms with Crippen molar-refractivity contribution in [3.05, 3.63) is 70.9 Å². The molecule has 1 aromatic heterocycles. The van der Waals surface area contributed by atoms with E-state index in [9.17, 15) is 4.79 Å². The Balaban J connectivity index is 1.33. The smallest absolute Gasteiger partial charge is 0.229 e. The molecular formula is C25H28ClN5O. The zero-order chi connectivity index (χ0) is 22.3. The number of halogens is 1. The van der Waals surface area contributed by atoms with Crippen LogP contribution in [0.3, 0.4) is 0 Å². The van der Waals surface area contributed by atoms with Crippen LogP contribution in [0.1, 0.15) is 36.9 Å². The second kappa shape index (κ2) is 10.5. The molecule has 1 aliphatic rings. The van der Waals surface area contributed by atoms with E-state index in [1.54, 1.807) is 0 Å². The fourth-order valence-electron chi connectivity index (χ4n) is 3.83. The van der Waals surface area contributed by atoms with E-state index in [0.717, 1.165) is 41.5 Å². The fourth-order valence-corrected chi connectivity index (χ4v) is 4.05. The van der Waals surface area contributed by atoms with Crippen LogP contribution in [0.4, 0.5) is 23.1 Å². The number of carbonyl (C=O) groups is 1. The van der Waals surface area contributed by atoms with Crippen molar-refractivity contribution in [1.82, 2.24) is 9.97 Å². The maximum Gasteiger partial charge on any atom is 0.229 e. The predicted molar refractivity (Wildman–Crippen MR) is 131 cm³/mol. The number of benzene rings is 2. The van der Waals surface area contributed by atoms with Gasteiger partial charge < -0.3 is 15.5 Å². The first kappa shape index (κ1) is 22.1. The molecule has 32 heavy (non-hydrogen) atoms. The number of hydrogen-bond acceptors (Lipinski definition) is 5. The highest BCUT2D eigenvalue weighted by atomic mass is 35.5. The summed E-state index contributed by atoms with van der Waals surface area (Å²) in [6, 6.07) is 17.2. The zero-order valence-electron chi connectivity index (χ0n) is 18.3. The molecule has 4 rings (SSSR count). The van der Waals surface area contributed by atoms with Gasteiger partial charge in [-0.15, -0.1) is 0 Å². The highest BCUT2D eigenvalue weighted by Gasteiger charge is 2.14. The highest BCUT2D eigenvalue weighted by Crippen LogP contribution is 2.22. The fraction of sp³-hybridized carbons (Fsp3) is 0.320. The molecule has 0 aliphatic carbocycles. The van der Waals surface area contributed by atoms with Crippen molar-refractivity contribution in [1.29, 1.82) is 0 Å². The van der Waals surface area contributed by atoms with Gasteiger partial charge in [-0.1, -0.05) is 23.7 Å². The van der Waals surface area contributed by atoms with E-state index in [1.807, 2.05) is 61.5 Å². The zero-order valence-corrected chi connectivity index (χ0v) is 19.0. The molecule has 7 heteroatoms. The molecular weight excluding hydrogens is 422 g/mol. The van der Waals surface area contributed by atoms with E-state index in [0.29, 0.717) is 23.8 Å². The van der Waals surface area contributed by atoms with Crippen LogP contribution in [0.5, 0.6) is 0 Å². The predicted octanol–water partition coefficient (Wildman–Crippen LogP) is 5.74. The second-order valence-corrected chi connectivity index (χ2v) is 8.56. The number of piperidine rings is 1. The Morgan fingerprint density at radius 1 is 1.00 bits per heavy atom. The molecule has 2 aromatic carbocycles. The number of aromatic nitrogens is 2. The van der Waals surface area contributed by atoms with Gasteiger partial charge in [0.2, 0.25) is 11.9 Å². The van der Waals surface area contributed by atoms with Crippen LogP contribution in [0.2, 0.25) is 5.02 Å². The lowest BCUT2D eigenvalue weighted by molar-refractivity contribution is -0.116. The molecule has 1 saturated heterocycles. The van der Waals surface area contributed by atoms with Gasteiger partial charge in [0.25, 0.3) is 0 Å². The molecule has 0 radical (unpaired) electrons. The van der Waals surface area contributed by atoms with Crippen LogP contribution in [0.25, 0.3) is 0 Å². The number of rotatable bonds is 7. The van der Waals surface area contributed by atoms with E-state index >= 15 is 0 Å². The maximum atomic E-state index is 12.3. The molecule has 6 nitrogen and oxygen atoms in total. The lowest BCUT2D eigenvalue weighted by Crippen LogP contribution is -2.30. The monoisotopic (exact) mass is 449 g/mol. The summed E-state index contributed by atoms with van der Waals surface area (Å²) in [5, 5.41) is 6.91. The van der Waals surface area contributed by atoms with Crippen molar-refractivity contribution >= 4 is 40.6 Å². The SMILES string of the molecule is Cc1cc(N2CCCCC2)nc(Nc2ccc(NC(=O)CCc3cccc(Cl)c3)cc2)n1. The minimum atomic E-state index is -0.0288. The van der Waals surface area contributed by atoms with E-state index < -0.39 is 0 Å². The molecule has 1 aliphatic heterocycles. The number of nitrogens with zero attached hydrogens (tertiary/aromatic N) is 3. The highest BCUT2D eigenvalue weighted by molar-refractivity contribution is 6.30. The van der Waals surface area contributed by atoms with Crippen LogP contribution in [-0.2, 0) is 11.2 Å². The Morgan fingerprint density at radius 2 is 1.75 bits per heavy atom. The number of carbonyl (C=O) groups excluding carboxylic acids is 1. The van der Waals surface area contributed by atoms with E-state index in [2.05, 4.69) is 20.5 Å². The number of nitrogens with one attached hydrogen (secondary N) is 2. The Morgan fingerprint density at radius 3 is 2.50 bits per heavy atom. The Labute approximate surface area is 194 Å². The molecule has 2 heterocycles. The maximum absolute atomic E-state index is 12.3. The third kappa shape index (κ3) is 6.20. The minimum Gasteiger partial charge on any atom is -0.356 e. The first-order valence-electron chi connectivity index (χ1n) is 11.1. The topological polar surface area (TPSA) is 70.2 Å². The lowest BCUT2D eigenvalue weighted by atomic mass is 10.1. The first-order valence-corrected chi connectivity index (χ1v) is 11.4. The third-order valence-corrected chi connectivity index (χ3v) is 5.71. The van der Waals surface area contributed by atoms with Gasteiger partial charge in [-0.2, -0.15) is 4.98 Å². The molecule has 0 bridgehead atoms. The van der Waals surface area contributed by atoms with Crippen molar-refractivity contribution in [2.45, 2.75) is 39.0 Å². The molecule has 0 unspecified atom stereocenters. The van der Waals surface area contributed by atoms with Gasteiger partial charge in [0, 0.05) is 47.7 Å². The molecule has 3 aromatic rings. The summed E-state index contributed by atoms with van der Waals surface area (Å²) < 4.78 is 0. The summed E-state index contributed by atoms with van der Waals surface area (Å²) in [6.07, 6.45) is 4.75. The van der Waals surface area contributed by atoms with E-state index in [4.69, 9.17) is 16.6 Å². The average molecular weight is 450 g/mol. The van der Waals surface area contributed by atoms with Crippen LogP contribution in [0, 0.1) is 6.92 Å². The summed E-state index contributed by atoms with van der Waals surface area (Å²) >= 11 is 6.00. The molecule has 166 valence electrons. The van der Waals surface area contributed by atoms with Crippen molar-refractivity contribution in [2.24, 2.45) is 0 Å². The molecule has 0 spiro atoms. The standard InChI is InChI=1S/C25H28ClN5O/c1-18-16-23(31-14-3-2-4-15-31)30-25(27-18)29-22-11-9-21(10-12-22)28-24(32)13-8-19-6-5-7-20(26)17-19/h5-7,9-12,16-17H,2-4,8,13-15H2,1H3,(H,28,32)(H,27,29,30). The average Bonchev–Trinajstić information content (AvgIpc) is 2.79. The summed E-state index contributed by atoms with van der Waals surface area (Å²) in [4.78, 5) is 23.8. The third-order valence-electron chi connectivity index (χ3n) is 5.48. The Hall–Kier alpha value is -3.12. The number of aryl methyl sites for hydroxylation is 2. The quantitative estimate of drug-likeness (QED) is 0.481. The van der Waals surface area contributed by atoms with Gasteiger partial charge in [0.1, 0.15) is 5.82 Å². The van der Waals surface area contributed by atoms with E-state index in [1.165, 1.54) is 19.3 Å². The van der Waals surface area contributed by atoms with Gasteiger partial charge in [-0.3, -0.25) is 4.79 Å². The number of amides is 1. The van der Waals surface area contributed by atoms with Crippen molar-refractivity contribution in [3.8, 4) is 0 Å². The molecule has 1 amide bonds. The minimum absolute atomic E-state index is 0.0288. The Bertz CT molecular complexity index is 1060. The number of hydrogen-bond donors (Lipinski definition) is 2. The largest absolute Gasteiger partial charge is 0.356 e. The second-order valence-electron chi connectivity index (χ2n) is 8.12. The van der Waals surface area contributed by atoms with Gasteiger partial charge in [-0.05, 0) is 74.6 Å². The van der Waals surface area contributed by atoms with Gasteiger partial charge in [0.05, 0.1) is 0 Å². The van der Waals surface area contributed by atoms with Gasteiger partial charge in [0.15, 0.2) is 0 Å². The lowest BCUT2D eigenvalue weighted by Gasteiger charge is -2.28. The van der Waals surface area contributed by atoms with Gasteiger partial charge >= 0.3 is 0 Å². The molecule has 0 atom stereocenters. The van der Waals surface area contributed by atoms with Crippen molar-refractivity contribution in [2.75, 3.05) is 28.6 Å². The number of anilines is 4. The first-order chi connectivity index (χ1) is 15.5. The van der Waals surface area contributed by atoms with Crippen molar-refractivity contribution in [3.63, 3.8) is 0 Å². The van der Waals surface area contributed by atoms with E-state index in [-0.39, 0.29) is 5.91 Å². The van der Waals surface area contributed by atoms with Crippen LogP contribution < -0.4 is 15.5 Å². The summed E-state index contributed by atoms with van der Waals surface area (Å²) in [5.74, 6) is 1.53. The molecule has 0 saturated carbocycles. The summed E-state index contributed by atoms with van der Waals surface area (Å²) in [6.45, 7) is 4.07. The Kier molecular flexibility index (Phi) is 7.22. The summed E-state index contributed by atoms with van der Waals surface area (Å²) in [5.41, 5.74) is 3.61. The summed E-state index contributed by atoms with van der Waals surface area (Å²) in [7, 11) is 0. The van der Waals surface area contributed by atoms with Crippen LogP contribution >= 0.6 is 11.6 Å². The molecule has 2 N–H and O–H groups in total. The van der Waals surface area contributed by atoms with Gasteiger partial charge in [-0.25, -0.2) is 4.98 Å². The van der Waals surface area contributed by atoms with Crippen LogP contribution in [0.15, 0.2) is 54.6 Å². The normalized spacial score (nSPS) is 13.6. The van der Waals surface area contributed by atoms with Crippen LogP contribution in [-0.4, -0.2) is 29.0 Å².